The predicted octanol–water partition coefficient (Wildman–Crippen LogP) is 3.34. The lowest BCUT2D eigenvalue weighted by atomic mass is 10.0. The van der Waals surface area contributed by atoms with Crippen molar-refractivity contribution in [3.8, 4) is 5.75 Å². The molecule has 134 valence electrons. The zero-order valence-corrected chi connectivity index (χ0v) is 15.3. The standard InChI is InChI=1S/C19H26N4O2/c1-13(17-12-20-22(3)14(17)2)21-19(24)23-10-6-9-18(23)15-7-5-8-16(11-15)25-4/h5,7-8,11-13,18H,6,9-10H2,1-4H3,(H,21,24). The number of likely N-dealkylation sites (tertiary alicyclic amines) is 1. The Morgan fingerprint density at radius 3 is 2.92 bits per heavy atom. The van der Waals surface area contributed by atoms with Crippen molar-refractivity contribution in [1.82, 2.24) is 20.0 Å². The minimum Gasteiger partial charge on any atom is -0.497 e. The molecule has 1 aromatic heterocycles. The number of hydrogen-bond acceptors (Lipinski definition) is 3. The largest absolute Gasteiger partial charge is 0.497 e. The van der Waals surface area contributed by atoms with Gasteiger partial charge in [-0.1, -0.05) is 12.1 Å². The molecule has 1 fully saturated rings. The smallest absolute Gasteiger partial charge is 0.318 e. The van der Waals surface area contributed by atoms with Gasteiger partial charge >= 0.3 is 6.03 Å². The number of nitrogens with one attached hydrogen (secondary N) is 1. The second-order valence-corrected chi connectivity index (χ2v) is 6.61. The normalized spacial score (nSPS) is 18.2. The molecule has 6 heteroatoms. The molecule has 0 spiro atoms. The summed E-state index contributed by atoms with van der Waals surface area (Å²) >= 11 is 0. The van der Waals surface area contributed by atoms with Crippen LogP contribution in [-0.2, 0) is 7.05 Å². The van der Waals surface area contributed by atoms with E-state index >= 15 is 0 Å². The molecule has 0 saturated carbocycles. The number of amides is 2. The number of methoxy groups -OCH3 is 1. The van der Waals surface area contributed by atoms with Crippen LogP contribution >= 0.6 is 0 Å². The van der Waals surface area contributed by atoms with Gasteiger partial charge in [0.1, 0.15) is 5.75 Å². The van der Waals surface area contributed by atoms with Crippen molar-refractivity contribution >= 4 is 6.03 Å². The van der Waals surface area contributed by atoms with Crippen LogP contribution in [0.15, 0.2) is 30.5 Å². The van der Waals surface area contributed by atoms with Gasteiger partial charge in [0.05, 0.1) is 25.4 Å². The number of aromatic nitrogens is 2. The highest BCUT2D eigenvalue weighted by molar-refractivity contribution is 5.75. The number of carbonyl (C=O) groups is 1. The van der Waals surface area contributed by atoms with Crippen LogP contribution in [0.25, 0.3) is 0 Å². The van der Waals surface area contributed by atoms with Crippen LogP contribution in [0.4, 0.5) is 4.79 Å². The topological polar surface area (TPSA) is 59.4 Å². The summed E-state index contributed by atoms with van der Waals surface area (Å²) in [5.41, 5.74) is 3.24. The Morgan fingerprint density at radius 1 is 1.44 bits per heavy atom. The third-order valence-corrected chi connectivity index (χ3v) is 5.07. The molecule has 0 bridgehead atoms. The van der Waals surface area contributed by atoms with E-state index in [0.717, 1.165) is 42.0 Å². The van der Waals surface area contributed by atoms with Gasteiger partial charge in [-0.2, -0.15) is 5.10 Å². The van der Waals surface area contributed by atoms with E-state index < -0.39 is 0 Å². The Labute approximate surface area is 148 Å². The zero-order chi connectivity index (χ0) is 18.0. The average Bonchev–Trinajstić information content (AvgIpc) is 3.23. The molecule has 25 heavy (non-hydrogen) atoms. The first-order valence-electron chi connectivity index (χ1n) is 8.71. The second-order valence-electron chi connectivity index (χ2n) is 6.61. The van der Waals surface area contributed by atoms with E-state index in [-0.39, 0.29) is 18.1 Å². The van der Waals surface area contributed by atoms with Gasteiger partial charge in [-0.25, -0.2) is 4.79 Å². The van der Waals surface area contributed by atoms with E-state index in [0.29, 0.717) is 0 Å². The van der Waals surface area contributed by atoms with E-state index in [1.54, 1.807) is 7.11 Å². The first-order chi connectivity index (χ1) is 12.0. The van der Waals surface area contributed by atoms with Crippen LogP contribution in [0.5, 0.6) is 5.75 Å². The Balaban J connectivity index is 1.73. The molecular formula is C19H26N4O2. The number of carbonyl (C=O) groups excluding carboxylic acids is 1. The summed E-state index contributed by atoms with van der Waals surface area (Å²) in [5.74, 6) is 0.823. The zero-order valence-electron chi connectivity index (χ0n) is 15.3. The number of hydrogen-bond donors (Lipinski definition) is 1. The van der Waals surface area contributed by atoms with E-state index in [9.17, 15) is 4.79 Å². The minimum atomic E-state index is -0.0761. The van der Waals surface area contributed by atoms with Gasteiger partial charge in [-0.15, -0.1) is 0 Å². The molecule has 2 aromatic rings. The molecule has 6 nitrogen and oxygen atoms in total. The van der Waals surface area contributed by atoms with Crippen molar-refractivity contribution in [2.24, 2.45) is 7.05 Å². The van der Waals surface area contributed by atoms with Crippen molar-refractivity contribution in [2.45, 2.75) is 38.8 Å². The fourth-order valence-corrected chi connectivity index (χ4v) is 3.49. The molecular weight excluding hydrogens is 316 g/mol. The van der Waals surface area contributed by atoms with Gasteiger partial charge in [0, 0.05) is 24.8 Å². The molecule has 0 radical (unpaired) electrons. The number of benzene rings is 1. The maximum absolute atomic E-state index is 12.8. The lowest BCUT2D eigenvalue weighted by molar-refractivity contribution is 0.189. The third kappa shape index (κ3) is 3.48. The average molecular weight is 342 g/mol. The number of ether oxygens (including phenoxy) is 1. The molecule has 1 aliphatic rings. The Hall–Kier alpha value is -2.50. The molecule has 2 amide bonds. The van der Waals surface area contributed by atoms with Crippen molar-refractivity contribution in [3.63, 3.8) is 0 Å². The molecule has 2 atom stereocenters. The molecule has 1 N–H and O–H groups in total. The van der Waals surface area contributed by atoms with Gasteiger partial charge in [-0.05, 0) is 44.4 Å². The summed E-state index contributed by atoms with van der Waals surface area (Å²) in [4.78, 5) is 14.8. The SMILES string of the molecule is COc1cccc(C2CCCN2C(=O)NC(C)c2cnn(C)c2C)c1. The molecule has 0 aliphatic carbocycles. The lowest BCUT2D eigenvalue weighted by Gasteiger charge is -2.27. The van der Waals surface area contributed by atoms with Gasteiger partial charge in [0.2, 0.25) is 0 Å². The highest BCUT2D eigenvalue weighted by atomic mass is 16.5. The first kappa shape index (κ1) is 17.3. The van der Waals surface area contributed by atoms with Gasteiger partial charge in [0.25, 0.3) is 0 Å². The molecule has 1 aromatic carbocycles. The predicted molar refractivity (Wildman–Crippen MR) is 96.6 cm³/mol. The first-order valence-corrected chi connectivity index (χ1v) is 8.71. The van der Waals surface area contributed by atoms with Crippen molar-refractivity contribution in [3.05, 3.63) is 47.3 Å². The number of rotatable bonds is 4. The van der Waals surface area contributed by atoms with E-state index in [1.807, 2.05) is 54.9 Å². The number of nitrogens with zero attached hydrogens (tertiary/aromatic N) is 3. The van der Waals surface area contributed by atoms with Gasteiger partial charge in [-0.3, -0.25) is 4.68 Å². The van der Waals surface area contributed by atoms with Crippen molar-refractivity contribution < 1.29 is 9.53 Å². The van der Waals surface area contributed by atoms with Crippen LogP contribution in [0.1, 0.15) is 48.7 Å². The third-order valence-electron chi connectivity index (χ3n) is 5.07. The van der Waals surface area contributed by atoms with Crippen LogP contribution in [0, 0.1) is 6.92 Å². The number of aryl methyl sites for hydroxylation is 1. The van der Waals surface area contributed by atoms with E-state index in [1.165, 1.54) is 0 Å². The Morgan fingerprint density at radius 2 is 2.24 bits per heavy atom. The van der Waals surface area contributed by atoms with Crippen LogP contribution in [0.3, 0.4) is 0 Å². The summed E-state index contributed by atoms with van der Waals surface area (Å²) < 4.78 is 7.15. The molecule has 2 heterocycles. The lowest BCUT2D eigenvalue weighted by Crippen LogP contribution is -2.40. The monoisotopic (exact) mass is 342 g/mol. The van der Waals surface area contributed by atoms with Crippen LogP contribution in [0.2, 0.25) is 0 Å². The van der Waals surface area contributed by atoms with Crippen molar-refractivity contribution in [1.29, 1.82) is 0 Å². The molecule has 1 aliphatic heterocycles. The van der Waals surface area contributed by atoms with Crippen molar-refractivity contribution in [2.75, 3.05) is 13.7 Å². The Bertz CT molecular complexity index is 756. The van der Waals surface area contributed by atoms with Gasteiger partial charge in [0.15, 0.2) is 0 Å². The van der Waals surface area contributed by atoms with E-state index in [2.05, 4.69) is 16.5 Å². The Kier molecular flexibility index (Phi) is 4.97. The maximum atomic E-state index is 12.8. The second kappa shape index (κ2) is 7.17. The maximum Gasteiger partial charge on any atom is 0.318 e. The fraction of sp³-hybridized carbons (Fsp3) is 0.474. The summed E-state index contributed by atoms with van der Waals surface area (Å²) in [7, 11) is 3.57. The van der Waals surface area contributed by atoms with Gasteiger partial charge < -0.3 is 15.0 Å². The fourth-order valence-electron chi connectivity index (χ4n) is 3.49. The molecule has 3 rings (SSSR count). The van der Waals surface area contributed by atoms with E-state index in [4.69, 9.17) is 4.74 Å². The molecule has 2 unspecified atom stereocenters. The van der Waals surface area contributed by atoms with Crippen LogP contribution in [-0.4, -0.2) is 34.4 Å². The molecule has 1 saturated heterocycles. The minimum absolute atomic E-state index is 0.0268. The van der Waals surface area contributed by atoms with Crippen LogP contribution < -0.4 is 10.1 Å². The quantitative estimate of drug-likeness (QED) is 0.927. The highest BCUT2D eigenvalue weighted by Gasteiger charge is 2.31. The summed E-state index contributed by atoms with van der Waals surface area (Å²) in [6, 6.07) is 7.98. The number of urea groups is 1. The summed E-state index contributed by atoms with van der Waals surface area (Å²) in [6.07, 6.45) is 3.81. The summed E-state index contributed by atoms with van der Waals surface area (Å²) in [5, 5.41) is 7.38. The highest BCUT2D eigenvalue weighted by Crippen LogP contribution is 2.33. The summed E-state index contributed by atoms with van der Waals surface area (Å²) in [6.45, 7) is 4.78.